The third-order valence-corrected chi connectivity index (χ3v) is 2.90. The standard InChI is InChI=1S/C9H17N3/c1-9(5-10)6-11-8-3-2-4-12(8)7-9/h2-7,10H2,1H3. The zero-order valence-electron chi connectivity index (χ0n) is 7.71. The molecular weight excluding hydrogens is 150 g/mol. The first-order valence-electron chi connectivity index (χ1n) is 4.72. The molecule has 0 aliphatic carbocycles. The molecule has 0 spiro atoms. The van der Waals surface area contributed by atoms with Crippen LogP contribution in [0.5, 0.6) is 0 Å². The lowest BCUT2D eigenvalue weighted by Gasteiger charge is -2.36. The number of amidine groups is 1. The molecule has 2 aliphatic rings. The van der Waals surface area contributed by atoms with Crippen molar-refractivity contribution >= 4 is 5.84 Å². The average Bonchev–Trinajstić information content (AvgIpc) is 2.51. The van der Waals surface area contributed by atoms with Gasteiger partial charge < -0.3 is 10.6 Å². The van der Waals surface area contributed by atoms with E-state index >= 15 is 0 Å². The number of rotatable bonds is 1. The summed E-state index contributed by atoms with van der Waals surface area (Å²) in [6.07, 6.45) is 2.46. The maximum atomic E-state index is 5.72. The van der Waals surface area contributed by atoms with E-state index in [1.807, 2.05) is 0 Å². The minimum Gasteiger partial charge on any atom is -0.360 e. The molecular formula is C9H17N3. The third-order valence-electron chi connectivity index (χ3n) is 2.90. The Kier molecular flexibility index (Phi) is 1.83. The summed E-state index contributed by atoms with van der Waals surface area (Å²) in [6.45, 7) is 6.21. The summed E-state index contributed by atoms with van der Waals surface area (Å²) in [6, 6.07) is 0. The summed E-state index contributed by atoms with van der Waals surface area (Å²) in [5.41, 5.74) is 5.95. The fraction of sp³-hybridized carbons (Fsp3) is 0.889. The number of hydrogen-bond donors (Lipinski definition) is 1. The number of nitrogens with zero attached hydrogens (tertiary/aromatic N) is 2. The maximum absolute atomic E-state index is 5.72. The van der Waals surface area contributed by atoms with Crippen LogP contribution in [0, 0.1) is 5.41 Å². The topological polar surface area (TPSA) is 41.6 Å². The molecule has 2 aliphatic heterocycles. The number of nitrogens with two attached hydrogens (primary N) is 1. The second kappa shape index (κ2) is 2.73. The van der Waals surface area contributed by atoms with Gasteiger partial charge in [0.25, 0.3) is 0 Å². The summed E-state index contributed by atoms with van der Waals surface area (Å²) in [4.78, 5) is 6.98. The van der Waals surface area contributed by atoms with Crippen molar-refractivity contribution in [2.75, 3.05) is 26.2 Å². The zero-order chi connectivity index (χ0) is 8.60. The largest absolute Gasteiger partial charge is 0.360 e. The second-order valence-corrected chi connectivity index (χ2v) is 4.27. The van der Waals surface area contributed by atoms with Crippen LogP contribution in [0.4, 0.5) is 0 Å². The van der Waals surface area contributed by atoms with Gasteiger partial charge in [0.15, 0.2) is 0 Å². The normalized spacial score (nSPS) is 34.8. The van der Waals surface area contributed by atoms with Crippen LogP contribution in [-0.2, 0) is 0 Å². The second-order valence-electron chi connectivity index (χ2n) is 4.27. The number of fused-ring (bicyclic) bond motifs is 1. The van der Waals surface area contributed by atoms with Gasteiger partial charge in [-0.3, -0.25) is 4.99 Å². The summed E-state index contributed by atoms with van der Waals surface area (Å²) in [5.74, 6) is 1.32. The highest BCUT2D eigenvalue weighted by Gasteiger charge is 2.33. The van der Waals surface area contributed by atoms with Gasteiger partial charge in [-0.25, -0.2) is 0 Å². The number of hydrogen-bond acceptors (Lipinski definition) is 3. The Labute approximate surface area is 73.6 Å². The molecule has 0 saturated carbocycles. The molecule has 1 fully saturated rings. The van der Waals surface area contributed by atoms with E-state index in [-0.39, 0.29) is 5.41 Å². The molecule has 0 aromatic carbocycles. The Morgan fingerprint density at radius 1 is 1.67 bits per heavy atom. The lowest BCUT2D eigenvalue weighted by molar-refractivity contribution is 0.237. The highest BCUT2D eigenvalue weighted by atomic mass is 15.2. The molecule has 2 rings (SSSR count). The van der Waals surface area contributed by atoms with E-state index in [1.54, 1.807) is 0 Å². The van der Waals surface area contributed by atoms with Crippen LogP contribution in [0.3, 0.4) is 0 Å². The molecule has 1 unspecified atom stereocenters. The van der Waals surface area contributed by atoms with E-state index in [0.717, 1.165) is 19.6 Å². The van der Waals surface area contributed by atoms with Crippen molar-refractivity contribution in [3.05, 3.63) is 0 Å². The van der Waals surface area contributed by atoms with Crippen LogP contribution < -0.4 is 5.73 Å². The first kappa shape index (κ1) is 8.05. The average molecular weight is 167 g/mol. The van der Waals surface area contributed by atoms with Crippen molar-refractivity contribution in [1.29, 1.82) is 0 Å². The highest BCUT2D eigenvalue weighted by molar-refractivity contribution is 5.84. The Hall–Kier alpha value is -0.570. The van der Waals surface area contributed by atoms with E-state index in [2.05, 4.69) is 16.8 Å². The highest BCUT2D eigenvalue weighted by Crippen LogP contribution is 2.26. The van der Waals surface area contributed by atoms with Crippen molar-refractivity contribution < 1.29 is 0 Å². The van der Waals surface area contributed by atoms with Gasteiger partial charge in [-0.05, 0) is 6.42 Å². The zero-order valence-corrected chi connectivity index (χ0v) is 7.71. The Morgan fingerprint density at radius 3 is 3.25 bits per heavy atom. The summed E-state index contributed by atoms with van der Waals surface area (Å²) in [7, 11) is 0. The molecule has 1 saturated heterocycles. The van der Waals surface area contributed by atoms with Crippen molar-refractivity contribution in [2.45, 2.75) is 19.8 Å². The predicted octanol–water partition coefficient (Wildman–Crippen LogP) is 0.459. The smallest absolute Gasteiger partial charge is 0.0990 e. The third kappa shape index (κ3) is 1.22. The predicted molar refractivity (Wildman–Crippen MR) is 50.3 cm³/mol. The van der Waals surface area contributed by atoms with Crippen LogP contribution in [0.2, 0.25) is 0 Å². The molecule has 2 heterocycles. The van der Waals surface area contributed by atoms with Crippen molar-refractivity contribution in [1.82, 2.24) is 4.90 Å². The minimum absolute atomic E-state index is 0.230. The number of aliphatic imine (C=N–C) groups is 1. The van der Waals surface area contributed by atoms with Crippen molar-refractivity contribution in [2.24, 2.45) is 16.1 Å². The molecule has 3 heteroatoms. The van der Waals surface area contributed by atoms with Gasteiger partial charge in [0, 0.05) is 38.0 Å². The van der Waals surface area contributed by atoms with Crippen LogP contribution in [0.1, 0.15) is 19.8 Å². The Balaban J connectivity index is 2.13. The van der Waals surface area contributed by atoms with E-state index in [0.29, 0.717) is 0 Å². The van der Waals surface area contributed by atoms with Crippen LogP contribution >= 0.6 is 0 Å². The van der Waals surface area contributed by atoms with Crippen molar-refractivity contribution in [3.63, 3.8) is 0 Å². The molecule has 0 aromatic rings. The van der Waals surface area contributed by atoms with Gasteiger partial charge in [-0.2, -0.15) is 0 Å². The van der Waals surface area contributed by atoms with Gasteiger partial charge in [-0.1, -0.05) is 6.92 Å². The molecule has 68 valence electrons. The van der Waals surface area contributed by atoms with E-state index < -0.39 is 0 Å². The van der Waals surface area contributed by atoms with Crippen LogP contribution in [-0.4, -0.2) is 36.9 Å². The van der Waals surface area contributed by atoms with Crippen LogP contribution in [0.15, 0.2) is 4.99 Å². The molecule has 3 nitrogen and oxygen atoms in total. The molecule has 0 aromatic heterocycles. The quantitative estimate of drug-likeness (QED) is 0.616. The monoisotopic (exact) mass is 167 g/mol. The summed E-state index contributed by atoms with van der Waals surface area (Å²) < 4.78 is 0. The van der Waals surface area contributed by atoms with Gasteiger partial charge in [0.05, 0.1) is 5.84 Å². The van der Waals surface area contributed by atoms with Crippen molar-refractivity contribution in [3.8, 4) is 0 Å². The van der Waals surface area contributed by atoms with E-state index in [1.165, 1.54) is 25.2 Å². The van der Waals surface area contributed by atoms with Gasteiger partial charge in [0.1, 0.15) is 0 Å². The van der Waals surface area contributed by atoms with Gasteiger partial charge in [-0.15, -0.1) is 0 Å². The molecule has 2 N–H and O–H groups in total. The Morgan fingerprint density at radius 2 is 2.50 bits per heavy atom. The van der Waals surface area contributed by atoms with Gasteiger partial charge in [0.2, 0.25) is 0 Å². The fourth-order valence-corrected chi connectivity index (χ4v) is 1.99. The maximum Gasteiger partial charge on any atom is 0.0990 e. The first-order valence-corrected chi connectivity index (χ1v) is 4.72. The molecule has 0 radical (unpaired) electrons. The molecule has 0 bridgehead atoms. The van der Waals surface area contributed by atoms with Crippen LogP contribution in [0.25, 0.3) is 0 Å². The van der Waals surface area contributed by atoms with E-state index in [4.69, 9.17) is 5.73 Å². The fourth-order valence-electron chi connectivity index (χ4n) is 1.99. The van der Waals surface area contributed by atoms with Gasteiger partial charge >= 0.3 is 0 Å². The Bertz CT molecular complexity index is 212. The first-order chi connectivity index (χ1) is 5.73. The molecule has 12 heavy (non-hydrogen) atoms. The minimum atomic E-state index is 0.230. The molecule has 1 atom stereocenters. The lowest BCUT2D eigenvalue weighted by atomic mass is 9.89. The molecule has 0 amide bonds. The van der Waals surface area contributed by atoms with E-state index in [9.17, 15) is 0 Å². The summed E-state index contributed by atoms with van der Waals surface area (Å²) >= 11 is 0. The lowest BCUT2D eigenvalue weighted by Crippen LogP contribution is -2.46. The SMILES string of the molecule is CC1(CN)CN=C2CCCN2C1. The summed E-state index contributed by atoms with van der Waals surface area (Å²) in [5, 5.41) is 0.